The lowest BCUT2D eigenvalue weighted by molar-refractivity contribution is 0.0946. The number of unbranched alkanes of at least 4 members (excludes halogenated alkanes) is 1. The number of hydrogen-bond acceptors (Lipinski definition) is 3. The number of nitrogens with zero attached hydrogens (tertiary/aromatic N) is 1. The number of sulfonamides is 1. The van der Waals surface area contributed by atoms with Crippen LogP contribution in [-0.4, -0.2) is 27.1 Å². The van der Waals surface area contributed by atoms with Gasteiger partial charge in [-0.05, 0) is 54.3 Å². The van der Waals surface area contributed by atoms with Crippen molar-refractivity contribution in [2.75, 3.05) is 17.1 Å². The SMILES string of the molecule is CCCC[C@H](CC)CNC(=O)c1ccc(CN(c2ccc(Cl)cc2)S(C)(=O)=O)cc1. The Kier molecular flexibility index (Phi) is 9.18. The second-order valence-corrected chi connectivity index (χ2v) is 9.91. The summed E-state index contributed by atoms with van der Waals surface area (Å²) in [6.45, 7) is 5.17. The number of nitrogens with one attached hydrogen (secondary N) is 1. The van der Waals surface area contributed by atoms with Gasteiger partial charge in [0.1, 0.15) is 0 Å². The zero-order valence-corrected chi connectivity index (χ0v) is 19.5. The highest BCUT2D eigenvalue weighted by molar-refractivity contribution is 7.92. The van der Waals surface area contributed by atoms with Gasteiger partial charge in [-0.15, -0.1) is 0 Å². The highest BCUT2D eigenvalue weighted by Crippen LogP contribution is 2.23. The summed E-state index contributed by atoms with van der Waals surface area (Å²) in [7, 11) is -3.47. The fourth-order valence-electron chi connectivity index (χ4n) is 3.22. The molecule has 0 radical (unpaired) electrons. The first kappa shape index (κ1) is 24.2. The van der Waals surface area contributed by atoms with Crippen LogP contribution in [0.5, 0.6) is 0 Å². The van der Waals surface area contributed by atoms with Gasteiger partial charge >= 0.3 is 0 Å². The number of hydrogen-bond donors (Lipinski definition) is 1. The predicted octanol–water partition coefficient (Wildman–Crippen LogP) is 5.25. The smallest absolute Gasteiger partial charge is 0.251 e. The van der Waals surface area contributed by atoms with Crippen molar-refractivity contribution >= 4 is 33.2 Å². The molecule has 0 heterocycles. The molecule has 1 atom stereocenters. The van der Waals surface area contributed by atoms with E-state index in [0.717, 1.165) is 24.8 Å². The number of halogens is 1. The Morgan fingerprint density at radius 2 is 1.70 bits per heavy atom. The minimum absolute atomic E-state index is 0.103. The molecule has 0 unspecified atom stereocenters. The van der Waals surface area contributed by atoms with E-state index in [1.54, 1.807) is 48.5 Å². The average Bonchev–Trinajstić information content (AvgIpc) is 2.72. The van der Waals surface area contributed by atoms with Gasteiger partial charge in [0.25, 0.3) is 5.91 Å². The van der Waals surface area contributed by atoms with Gasteiger partial charge in [-0.25, -0.2) is 8.42 Å². The maximum atomic E-state index is 12.5. The summed E-state index contributed by atoms with van der Waals surface area (Å²) in [5, 5.41) is 3.56. The molecule has 30 heavy (non-hydrogen) atoms. The molecule has 1 N–H and O–H groups in total. The van der Waals surface area contributed by atoms with Gasteiger partial charge in [-0.2, -0.15) is 0 Å². The van der Waals surface area contributed by atoms with Crippen LogP contribution in [0.1, 0.15) is 55.5 Å². The largest absolute Gasteiger partial charge is 0.352 e. The molecule has 7 heteroatoms. The Bertz CT molecular complexity index is 912. The van der Waals surface area contributed by atoms with Gasteiger partial charge in [0, 0.05) is 17.1 Å². The van der Waals surface area contributed by atoms with Crippen LogP contribution in [0.15, 0.2) is 48.5 Å². The van der Waals surface area contributed by atoms with E-state index >= 15 is 0 Å². The lowest BCUT2D eigenvalue weighted by atomic mass is 9.99. The lowest BCUT2D eigenvalue weighted by Crippen LogP contribution is -2.30. The van der Waals surface area contributed by atoms with Crippen LogP contribution in [0.25, 0.3) is 0 Å². The third-order valence-corrected chi connectivity index (χ3v) is 6.54. The Morgan fingerprint density at radius 3 is 2.23 bits per heavy atom. The van der Waals surface area contributed by atoms with E-state index in [-0.39, 0.29) is 12.5 Å². The molecule has 1 amide bonds. The molecular weight excluding hydrogens is 420 g/mol. The van der Waals surface area contributed by atoms with Gasteiger partial charge in [0.15, 0.2) is 0 Å². The van der Waals surface area contributed by atoms with Gasteiger partial charge in [-0.3, -0.25) is 9.10 Å². The van der Waals surface area contributed by atoms with Crippen molar-refractivity contribution in [3.8, 4) is 0 Å². The fraction of sp³-hybridized carbons (Fsp3) is 0.435. The maximum Gasteiger partial charge on any atom is 0.251 e. The fourth-order valence-corrected chi connectivity index (χ4v) is 4.23. The summed E-state index contributed by atoms with van der Waals surface area (Å²) in [5.74, 6) is 0.394. The van der Waals surface area contributed by atoms with Crippen molar-refractivity contribution in [3.05, 3.63) is 64.7 Å². The number of amides is 1. The topological polar surface area (TPSA) is 66.5 Å². The normalized spacial score (nSPS) is 12.4. The van der Waals surface area contributed by atoms with Crippen LogP contribution in [0.4, 0.5) is 5.69 Å². The molecule has 0 aliphatic carbocycles. The molecule has 2 aromatic rings. The third kappa shape index (κ3) is 7.33. The standard InChI is InChI=1S/C23H31ClN2O3S/c1-4-6-7-18(5-2)16-25-23(27)20-10-8-19(9-11-20)17-26(30(3,28)29)22-14-12-21(24)13-15-22/h8-15,18H,4-7,16-17H2,1-3H3,(H,25,27)/t18-/m0/s1. The molecule has 0 aromatic heterocycles. The Labute approximate surface area is 185 Å². The van der Waals surface area contributed by atoms with Crippen LogP contribution >= 0.6 is 11.6 Å². The van der Waals surface area contributed by atoms with Gasteiger partial charge in [0.05, 0.1) is 18.5 Å². The zero-order chi connectivity index (χ0) is 22.1. The second kappa shape index (κ2) is 11.4. The van der Waals surface area contributed by atoms with E-state index < -0.39 is 10.0 Å². The van der Waals surface area contributed by atoms with Crippen molar-refractivity contribution in [1.82, 2.24) is 5.32 Å². The molecule has 0 saturated heterocycles. The first-order valence-corrected chi connectivity index (χ1v) is 12.6. The molecule has 2 aromatic carbocycles. The van der Waals surface area contributed by atoms with E-state index in [1.807, 2.05) is 0 Å². The van der Waals surface area contributed by atoms with Crippen molar-refractivity contribution < 1.29 is 13.2 Å². The van der Waals surface area contributed by atoms with Crippen molar-refractivity contribution in [2.24, 2.45) is 5.92 Å². The Balaban J connectivity index is 2.04. The number of carbonyl (C=O) groups is 1. The summed E-state index contributed by atoms with van der Waals surface area (Å²) in [6.07, 6.45) is 5.68. The number of rotatable bonds is 11. The third-order valence-electron chi connectivity index (χ3n) is 5.15. The molecule has 0 aliphatic rings. The molecule has 0 fully saturated rings. The minimum atomic E-state index is -3.47. The van der Waals surface area contributed by atoms with Crippen LogP contribution in [0.2, 0.25) is 5.02 Å². The monoisotopic (exact) mass is 450 g/mol. The van der Waals surface area contributed by atoms with E-state index in [9.17, 15) is 13.2 Å². The molecule has 2 rings (SSSR count). The maximum absolute atomic E-state index is 12.5. The molecule has 0 spiro atoms. The van der Waals surface area contributed by atoms with Crippen LogP contribution in [0.3, 0.4) is 0 Å². The number of carbonyl (C=O) groups excluding carboxylic acids is 1. The molecule has 0 saturated carbocycles. The summed E-state index contributed by atoms with van der Waals surface area (Å²) >= 11 is 5.91. The van der Waals surface area contributed by atoms with Crippen LogP contribution in [-0.2, 0) is 16.6 Å². The molecule has 0 bridgehead atoms. The average molecular weight is 451 g/mol. The van der Waals surface area contributed by atoms with Crippen molar-refractivity contribution in [2.45, 2.75) is 46.1 Å². The molecular formula is C23H31ClN2O3S. The van der Waals surface area contributed by atoms with Gasteiger partial charge in [0.2, 0.25) is 10.0 Å². The summed E-state index contributed by atoms with van der Waals surface area (Å²) in [4.78, 5) is 12.5. The van der Waals surface area contributed by atoms with E-state index in [0.29, 0.717) is 28.7 Å². The summed E-state index contributed by atoms with van der Waals surface area (Å²) in [5.41, 5.74) is 1.91. The first-order chi connectivity index (χ1) is 14.2. The van der Waals surface area contributed by atoms with Gasteiger partial charge < -0.3 is 5.32 Å². The van der Waals surface area contributed by atoms with Crippen molar-refractivity contribution in [3.63, 3.8) is 0 Å². The van der Waals surface area contributed by atoms with Crippen LogP contribution < -0.4 is 9.62 Å². The zero-order valence-electron chi connectivity index (χ0n) is 17.9. The van der Waals surface area contributed by atoms with Crippen LogP contribution in [0, 0.1) is 5.92 Å². The number of anilines is 1. The van der Waals surface area contributed by atoms with E-state index in [2.05, 4.69) is 19.2 Å². The van der Waals surface area contributed by atoms with E-state index in [4.69, 9.17) is 11.6 Å². The second-order valence-electron chi connectivity index (χ2n) is 7.57. The molecule has 5 nitrogen and oxygen atoms in total. The van der Waals surface area contributed by atoms with Gasteiger partial charge in [-0.1, -0.05) is 56.8 Å². The molecule has 0 aliphatic heterocycles. The van der Waals surface area contributed by atoms with E-state index in [1.165, 1.54) is 17.0 Å². The lowest BCUT2D eigenvalue weighted by Gasteiger charge is -2.22. The summed E-state index contributed by atoms with van der Waals surface area (Å²) < 4.78 is 25.9. The van der Waals surface area contributed by atoms with Crippen molar-refractivity contribution in [1.29, 1.82) is 0 Å². The Morgan fingerprint density at radius 1 is 1.07 bits per heavy atom. The first-order valence-electron chi connectivity index (χ1n) is 10.3. The number of benzene rings is 2. The summed E-state index contributed by atoms with van der Waals surface area (Å²) in [6, 6.07) is 13.7. The highest BCUT2D eigenvalue weighted by Gasteiger charge is 2.18. The Hall–Kier alpha value is -2.05. The minimum Gasteiger partial charge on any atom is -0.352 e. The quantitative estimate of drug-likeness (QED) is 0.508. The highest BCUT2D eigenvalue weighted by atomic mass is 35.5. The molecule has 164 valence electrons. The predicted molar refractivity (Wildman–Crippen MR) is 125 cm³/mol.